The molecule has 2 saturated heterocycles. The summed E-state index contributed by atoms with van der Waals surface area (Å²) in [5.41, 5.74) is 0.467. The van der Waals surface area contributed by atoms with E-state index < -0.39 is 25.0 Å². The quantitative estimate of drug-likeness (QED) is 0.0902. The molecule has 2 heterocycles. The van der Waals surface area contributed by atoms with E-state index in [1.165, 1.54) is 31.1 Å². The fourth-order valence-corrected chi connectivity index (χ4v) is 20.2. The Bertz CT molecular complexity index is 2220. The number of Topliss-reactive ketones (excluding diaryl/α,β-unsaturated/α-hetero) is 1. The number of carbonyl (C=O) groups is 1. The molecule has 5 aliphatic rings. The fourth-order valence-electron chi connectivity index (χ4n) is 10.7. The third-order valence-corrected chi connectivity index (χ3v) is 26.5. The third-order valence-electron chi connectivity index (χ3n) is 15.4. The van der Waals surface area contributed by atoms with Crippen molar-refractivity contribution < 1.29 is 27.5 Å². The van der Waals surface area contributed by atoms with Crippen molar-refractivity contribution in [3.8, 4) is 0 Å². The summed E-state index contributed by atoms with van der Waals surface area (Å²) < 4.78 is 31.7. The predicted molar refractivity (Wildman–Crippen MR) is 284 cm³/mol. The first-order valence-electron chi connectivity index (χ1n) is 25.3. The Morgan fingerprint density at radius 3 is 0.779 bits per heavy atom. The standard InChI is InChI=1S/2C20H24O2Si.C19H22O2Si/c2*1-23(18-8-4-2-5-9-18,19-10-6-3-7-11-19)22-17-12-14-20(15-13-17)16-21-20;1-22(18-8-4-2-5-9-18,19-10-6-3-7-11-19)21-17-14-12-16(20)13-15-17/h2*2-11,17H,12-16H2,1H3;2-11,17H,12-15H2,1H3. The molecule has 9 heteroatoms. The SMILES string of the molecule is C[Si](OC1CCC(=O)CC1)(c1ccccc1)c1ccccc1.C[Si](OC1CCC2(CC1)CO2)(c1ccccc1)c1ccccc1.C[Si](OC1CCC2(CC1)CO2)(c1ccccc1)c1ccccc1. The van der Waals surface area contributed by atoms with Gasteiger partial charge < -0.3 is 22.8 Å². The van der Waals surface area contributed by atoms with E-state index in [-0.39, 0.29) is 17.3 Å². The molecule has 3 saturated carbocycles. The molecule has 2 spiro atoms. The highest BCUT2D eigenvalue weighted by Gasteiger charge is 2.50. The summed E-state index contributed by atoms with van der Waals surface area (Å²) in [6.45, 7) is 8.89. The summed E-state index contributed by atoms with van der Waals surface area (Å²) >= 11 is 0. The molecule has 354 valence electrons. The maximum absolute atomic E-state index is 11.5. The molecule has 0 amide bonds. The minimum Gasteiger partial charge on any atom is -0.405 e. The van der Waals surface area contributed by atoms with Crippen molar-refractivity contribution in [2.24, 2.45) is 0 Å². The van der Waals surface area contributed by atoms with Crippen molar-refractivity contribution in [3.05, 3.63) is 182 Å². The molecule has 3 aliphatic carbocycles. The van der Waals surface area contributed by atoms with Gasteiger partial charge in [-0.3, -0.25) is 4.79 Å². The highest BCUT2D eigenvalue weighted by Crippen LogP contribution is 2.44. The molecule has 5 fully saturated rings. The molecule has 0 atom stereocenters. The minimum absolute atomic E-state index is 0.203. The van der Waals surface area contributed by atoms with Crippen LogP contribution < -0.4 is 31.1 Å². The molecule has 0 aromatic heterocycles. The van der Waals surface area contributed by atoms with Gasteiger partial charge in [0.05, 0.1) is 24.4 Å². The zero-order valence-electron chi connectivity index (χ0n) is 40.4. The number of benzene rings is 6. The second-order valence-electron chi connectivity index (χ2n) is 20.2. The van der Waals surface area contributed by atoms with Crippen LogP contribution in [0.15, 0.2) is 182 Å². The molecular weight excluding hydrogens is 889 g/mol. The lowest BCUT2D eigenvalue weighted by Gasteiger charge is -2.36. The van der Waals surface area contributed by atoms with Gasteiger partial charge >= 0.3 is 0 Å². The van der Waals surface area contributed by atoms with Gasteiger partial charge in [-0.05, 0) is 115 Å². The lowest BCUT2D eigenvalue weighted by atomic mass is 9.88. The van der Waals surface area contributed by atoms with Crippen LogP contribution in [-0.2, 0) is 27.5 Å². The lowest BCUT2D eigenvalue weighted by molar-refractivity contribution is -0.121. The van der Waals surface area contributed by atoms with E-state index in [2.05, 4.69) is 189 Å². The molecule has 6 aromatic carbocycles. The first-order valence-corrected chi connectivity index (χ1v) is 32.5. The van der Waals surface area contributed by atoms with Gasteiger partial charge in [0.1, 0.15) is 5.78 Å². The van der Waals surface area contributed by atoms with Gasteiger partial charge in [0.2, 0.25) is 0 Å². The number of epoxide rings is 2. The average Bonchev–Trinajstić information content (AvgIpc) is 4.36. The number of hydrogen-bond acceptors (Lipinski definition) is 6. The van der Waals surface area contributed by atoms with Gasteiger partial charge in [-0.25, -0.2) is 0 Å². The van der Waals surface area contributed by atoms with E-state index in [1.54, 1.807) is 0 Å². The van der Waals surface area contributed by atoms with Crippen molar-refractivity contribution in [2.75, 3.05) is 13.2 Å². The summed E-state index contributed by atoms with van der Waals surface area (Å²) in [4.78, 5) is 11.5. The third kappa shape index (κ3) is 11.7. The van der Waals surface area contributed by atoms with E-state index in [0.29, 0.717) is 30.8 Å². The fraction of sp³-hybridized carbons (Fsp3) is 0.373. The highest BCUT2D eigenvalue weighted by atomic mass is 28.4. The molecule has 68 heavy (non-hydrogen) atoms. The van der Waals surface area contributed by atoms with Crippen LogP contribution in [0.3, 0.4) is 0 Å². The number of hydrogen-bond donors (Lipinski definition) is 0. The Hall–Kier alpha value is -4.56. The second kappa shape index (κ2) is 21.6. The average molecular weight is 959 g/mol. The molecule has 0 unspecified atom stereocenters. The summed E-state index contributed by atoms with van der Waals surface area (Å²) in [6.07, 6.45) is 13.1. The predicted octanol–water partition coefficient (Wildman–Crippen LogP) is 9.11. The Kier molecular flexibility index (Phi) is 15.4. The summed E-state index contributed by atoms with van der Waals surface area (Å²) in [5.74, 6) is 0.377. The monoisotopic (exact) mass is 958 g/mol. The zero-order chi connectivity index (χ0) is 46.9. The van der Waals surface area contributed by atoms with Crippen LogP contribution >= 0.6 is 0 Å². The van der Waals surface area contributed by atoms with Crippen molar-refractivity contribution in [1.82, 2.24) is 0 Å². The van der Waals surface area contributed by atoms with Crippen molar-refractivity contribution in [3.63, 3.8) is 0 Å². The number of ketones is 1. The summed E-state index contributed by atoms with van der Waals surface area (Å²) in [6, 6.07) is 64.3. The van der Waals surface area contributed by atoms with Crippen LogP contribution in [0.2, 0.25) is 19.6 Å². The normalized spacial score (nSPS) is 23.7. The molecule has 6 nitrogen and oxygen atoms in total. The van der Waals surface area contributed by atoms with E-state index in [9.17, 15) is 4.79 Å². The smallest absolute Gasteiger partial charge is 0.253 e. The maximum atomic E-state index is 11.5. The van der Waals surface area contributed by atoms with Crippen LogP contribution in [0, 0.1) is 0 Å². The van der Waals surface area contributed by atoms with Gasteiger partial charge in [-0.1, -0.05) is 182 Å². The molecule has 11 rings (SSSR count). The van der Waals surface area contributed by atoms with Crippen LogP contribution in [0.5, 0.6) is 0 Å². The van der Waals surface area contributed by atoms with Crippen LogP contribution in [0.25, 0.3) is 0 Å². The van der Waals surface area contributed by atoms with Crippen LogP contribution in [-0.4, -0.2) is 73.5 Å². The molecule has 6 aromatic rings. The Labute approximate surface area is 408 Å². The summed E-state index contributed by atoms with van der Waals surface area (Å²) in [5, 5.41) is 8.00. The van der Waals surface area contributed by atoms with Gasteiger partial charge in [0.15, 0.2) is 0 Å². The first-order chi connectivity index (χ1) is 33.1. The second-order valence-corrected chi connectivity index (χ2v) is 30.6. The largest absolute Gasteiger partial charge is 0.405 e. The highest BCUT2D eigenvalue weighted by molar-refractivity contribution is 6.97. The van der Waals surface area contributed by atoms with Crippen molar-refractivity contribution >= 4 is 61.9 Å². The van der Waals surface area contributed by atoms with Gasteiger partial charge in [0, 0.05) is 31.2 Å². The summed E-state index contributed by atoms with van der Waals surface area (Å²) in [7, 11) is -6.53. The Morgan fingerprint density at radius 1 is 0.368 bits per heavy atom. The lowest BCUT2D eigenvalue weighted by Crippen LogP contribution is -2.60. The van der Waals surface area contributed by atoms with Crippen LogP contribution in [0.1, 0.15) is 77.0 Å². The molecular formula is C59H70O6Si3. The van der Waals surface area contributed by atoms with Gasteiger partial charge in [-0.15, -0.1) is 0 Å². The molecule has 2 aliphatic heterocycles. The Balaban J connectivity index is 0.000000127. The zero-order valence-corrected chi connectivity index (χ0v) is 43.4. The van der Waals surface area contributed by atoms with E-state index in [1.807, 2.05) is 12.1 Å². The molecule has 0 radical (unpaired) electrons. The van der Waals surface area contributed by atoms with E-state index in [0.717, 1.165) is 77.4 Å². The maximum Gasteiger partial charge on any atom is 0.253 e. The first kappa shape index (κ1) is 48.5. The van der Waals surface area contributed by atoms with Gasteiger partial charge in [0.25, 0.3) is 25.0 Å². The van der Waals surface area contributed by atoms with Crippen molar-refractivity contribution in [1.29, 1.82) is 0 Å². The molecule has 0 bridgehead atoms. The number of rotatable bonds is 12. The number of ether oxygens (including phenoxy) is 2. The topological polar surface area (TPSA) is 69.8 Å². The van der Waals surface area contributed by atoms with E-state index >= 15 is 0 Å². The Morgan fingerprint density at radius 2 is 0.574 bits per heavy atom. The number of carbonyl (C=O) groups excluding carboxylic acids is 1. The minimum atomic E-state index is -2.22. The van der Waals surface area contributed by atoms with E-state index in [4.69, 9.17) is 22.8 Å². The molecule has 0 N–H and O–H groups in total. The van der Waals surface area contributed by atoms with Gasteiger partial charge in [-0.2, -0.15) is 0 Å². The van der Waals surface area contributed by atoms with Crippen LogP contribution in [0.4, 0.5) is 0 Å². The van der Waals surface area contributed by atoms with Crippen molar-refractivity contribution in [2.45, 2.75) is 126 Å².